The molecular weight excluding hydrogens is 326 g/mol. The number of aromatic nitrogens is 3. The van der Waals surface area contributed by atoms with E-state index in [4.69, 9.17) is 4.52 Å². The number of carbonyl (C=O) groups excluding carboxylic acids is 1. The minimum atomic E-state index is -0.287. The maximum absolute atomic E-state index is 12.2. The van der Waals surface area contributed by atoms with E-state index in [2.05, 4.69) is 25.4 Å². The minimum absolute atomic E-state index is 0.198. The van der Waals surface area contributed by atoms with Crippen molar-refractivity contribution in [3.05, 3.63) is 46.7 Å². The van der Waals surface area contributed by atoms with Crippen molar-refractivity contribution in [1.29, 1.82) is 0 Å². The maximum atomic E-state index is 12.2. The van der Waals surface area contributed by atoms with Gasteiger partial charge in [-0.2, -0.15) is 0 Å². The molecule has 0 saturated heterocycles. The minimum Gasteiger partial charge on any atom is -0.361 e. The van der Waals surface area contributed by atoms with E-state index < -0.39 is 0 Å². The highest BCUT2D eigenvalue weighted by Crippen LogP contribution is 2.22. The Morgan fingerprint density at radius 2 is 2.00 bits per heavy atom. The quantitative estimate of drug-likeness (QED) is 0.753. The van der Waals surface area contributed by atoms with Gasteiger partial charge in [0.15, 0.2) is 0 Å². The average Bonchev–Trinajstić information content (AvgIpc) is 3.18. The van der Waals surface area contributed by atoms with Crippen LogP contribution in [0.25, 0.3) is 11.3 Å². The zero-order chi connectivity index (χ0) is 17.1. The smallest absolute Gasteiger partial charge is 0.319 e. The fourth-order valence-electron chi connectivity index (χ4n) is 2.56. The van der Waals surface area contributed by atoms with Crippen molar-refractivity contribution >= 4 is 23.3 Å². The number of aryl methyl sites for hydroxylation is 2. The van der Waals surface area contributed by atoms with Crippen LogP contribution in [-0.4, -0.2) is 20.8 Å². The maximum Gasteiger partial charge on any atom is 0.319 e. The molecule has 2 N–H and O–H groups in total. The predicted octanol–water partition coefficient (Wildman–Crippen LogP) is 3.69. The van der Waals surface area contributed by atoms with E-state index in [-0.39, 0.29) is 12.1 Å². The van der Waals surface area contributed by atoms with Gasteiger partial charge in [-0.05, 0) is 44.4 Å². The average molecular weight is 343 g/mol. The van der Waals surface area contributed by atoms with Gasteiger partial charge in [-0.3, -0.25) is 0 Å². The molecule has 24 heavy (non-hydrogen) atoms. The Balaban J connectivity index is 1.63. The topological polar surface area (TPSA) is 92.9 Å². The second-order valence-electron chi connectivity index (χ2n) is 5.43. The number of hydrogen-bond donors (Lipinski definition) is 2. The molecule has 0 spiro atoms. The lowest BCUT2D eigenvalue weighted by atomic mass is 10.1. The van der Waals surface area contributed by atoms with Crippen LogP contribution in [0.4, 0.5) is 10.5 Å². The van der Waals surface area contributed by atoms with Gasteiger partial charge < -0.3 is 15.2 Å². The van der Waals surface area contributed by atoms with Crippen molar-refractivity contribution in [2.24, 2.45) is 0 Å². The highest BCUT2D eigenvalue weighted by atomic mass is 32.1. The van der Waals surface area contributed by atoms with Crippen LogP contribution >= 0.6 is 11.5 Å². The third kappa shape index (κ3) is 3.43. The number of rotatable bonds is 4. The van der Waals surface area contributed by atoms with Crippen LogP contribution < -0.4 is 10.6 Å². The SMILES string of the molecule is Cc1noc(C)c1C(C)NC(=O)Nc1ccc(-c2csnn2)cc1. The summed E-state index contributed by atoms with van der Waals surface area (Å²) >= 11 is 1.30. The number of hydrogen-bond acceptors (Lipinski definition) is 6. The number of nitrogens with zero attached hydrogens (tertiary/aromatic N) is 3. The highest BCUT2D eigenvalue weighted by Gasteiger charge is 2.18. The van der Waals surface area contributed by atoms with E-state index in [9.17, 15) is 4.79 Å². The largest absolute Gasteiger partial charge is 0.361 e. The molecule has 2 amide bonds. The summed E-state index contributed by atoms with van der Waals surface area (Å²) in [6.07, 6.45) is 0. The fraction of sp³-hybridized carbons (Fsp3) is 0.250. The number of carbonyl (C=O) groups is 1. The summed E-state index contributed by atoms with van der Waals surface area (Å²) in [5.41, 5.74) is 4.16. The summed E-state index contributed by atoms with van der Waals surface area (Å²) in [7, 11) is 0. The second-order valence-corrected chi connectivity index (χ2v) is 6.04. The van der Waals surface area contributed by atoms with Gasteiger partial charge in [0, 0.05) is 22.2 Å². The van der Waals surface area contributed by atoms with Gasteiger partial charge in [-0.25, -0.2) is 4.79 Å². The van der Waals surface area contributed by atoms with Gasteiger partial charge in [0.05, 0.1) is 11.7 Å². The summed E-state index contributed by atoms with van der Waals surface area (Å²) in [6, 6.07) is 6.96. The van der Waals surface area contributed by atoms with Crippen molar-refractivity contribution < 1.29 is 9.32 Å². The van der Waals surface area contributed by atoms with Crippen molar-refractivity contribution in [3.63, 3.8) is 0 Å². The first-order valence-electron chi connectivity index (χ1n) is 7.42. The third-order valence-electron chi connectivity index (χ3n) is 3.67. The summed E-state index contributed by atoms with van der Waals surface area (Å²) in [5.74, 6) is 0.710. The molecule has 1 unspecified atom stereocenters. The lowest BCUT2D eigenvalue weighted by Gasteiger charge is -2.14. The number of amides is 2. The lowest BCUT2D eigenvalue weighted by Crippen LogP contribution is -2.31. The van der Waals surface area contributed by atoms with E-state index in [1.54, 1.807) is 0 Å². The van der Waals surface area contributed by atoms with Crippen LogP contribution in [0.3, 0.4) is 0 Å². The zero-order valence-corrected chi connectivity index (χ0v) is 14.3. The van der Waals surface area contributed by atoms with Crippen LogP contribution in [0.5, 0.6) is 0 Å². The number of anilines is 1. The van der Waals surface area contributed by atoms with Crippen LogP contribution in [0.15, 0.2) is 34.2 Å². The summed E-state index contributed by atoms with van der Waals surface area (Å²) in [6.45, 7) is 5.58. The third-order valence-corrected chi connectivity index (χ3v) is 4.17. The van der Waals surface area contributed by atoms with Crippen molar-refractivity contribution in [3.8, 4) is 11.3 Å². The Morgan fingerprint density at radius 1 is 1.25 bits per heavy atom. The number of urea groups is 1. The fourth-order valence-corrected chi connectivity index (χ4v) is 3.02. The van der Waals surface area contributed by atoms with Crippen LogP contribution in [0.2, 0.25) is 0 Å². The predicted molar refractivity (Wildman–Crippen MR) is 91.9 cm³/mol. The summed E-state index contributed by atoms with van der Waals surface area (Å²) in [4.78, 5) is 12.2. The van der Waals surface area contributed by atoms with Gasteiger partial charge in [-0.1, -0.05) is 21.8 Å². The molecule has 0 bridgehead atoms. The molecule has 0 aliphatic carbocycles. The van der Waals surface area contributed by atoms with Crippen LogP contribution in [-0.2, 0) is 0 Å². The molecule has 0 aliphatic rings. The van der Waals surface area contributed by atoms with E-state index >= 15 is 0 Å². The monoisotopic (exact) mass is 343 g/mol. The molecule has 1 aromatic carbocycles. The molecule has 2 aromatic heterocycles. The van der Waals surface area contributed by atoms with E-state index in [1.165, 1.54) is 11.5 Å². The van der Waals surface area contributed by atoms with E-state index in [0.717, 1.165) is 22.5 Å². The van der Waals surface area contributed by atoms with Crippen molar-refractivity contribution in [2.75, 3.05) is 5.32 Å². The van der Waals surface area contributed by atoms with Gasteiger partial charge in [0.25, 0.3) is 0 Å². The normalized spacial score (nSPS) is 12.0. The molecule has 0 fully saturated rings. The molecule has 1 atom stereocenters. The van der Waals surface area contributed by atoms with Crippen molar-refractivity contribution in [1.82, 2.24) is 20.1 Å². The first-order chi connectivity index (χ1) is 11.5. The zero-order valence-electron chi connectivity index (χ0n) is 13.5. The van der Waals surface area contributed by atoms with Gasteiger partial charge in [0.1, 0.15) is 11.5 Å². The molecule has 0 radical (unpaired) electrons. The van der Waals surface area contributed by atoms with Gasteiger partial charge >= 0.3 is 6.03 Å². The van der Waals surface area contributed by atoms with Crippen molar-refractivity contribution in [2.45, 2.75) is 26.8 Å². The van der Waals surface area contributed by atoms with Crippen LogP contribution in [0, 0.1) is 13.8 Å². The van der Waals surface area contributed by atoms with E-state index in [0.29, 0.717) is 11.4 Å². The number of benzene rings is 1. The molecule has 3 rings (SSSR count). The summed E-state index contributed by atoms with van der Waals surface area (Å²) in [5, 5.41) is 15.5. The Hall–Kier alpha value is -2.74. The Labute approximate surface area is 143 Å². The van der Waals surface area contributed by atoms with Crippen LogP contribution in [0.1, 0.15) is 30.0 Å². The Bertz CT molecular complexity index is 807. The molecule has 2 heterocycles. The molecule has 0 saturated carbocycles. The van der Waals surface area contributed by atoms with E-state index in [1.807, 2.05) is 50.4 Å². The molecule has 0 aliphatic heterocycles. The number of nitrogens with one attached hydrogen (secondary N) is 2. The first kappa shape index (κ1) is 16.1. The summed E-state index contributed by atoms with van der Waals surface area (Å²) < 4.78 is 8.97. The first-order valence-corrected chi connectivity index (χ1v) is 8.26. The molecule has 3 aromatic rings. The standard InChI is InChI=1S/C16H17N5O2S/c1-9(15-10(2)20-23-11(15)3)17-16(22)18-13-6-4-12(5-7-13)14-8-24-21-19-14/h4-9H,1-3H3,(H2,17,18,22). The molecule has 124 valence electrons. The second kappa shape index (κ2) is 6.79. The molecule has 7 nitrogen and oxygen atoms in total. The van der Waals surface area contributed by atoms with Gasteiger partial charge in [0.2, 0.25) is 0 Å². The molecule has 8 heteroatoms. The highest BCUT2D eigenvalue weighted by molar-refractivity contribution is 7.03. The lowest BCUT2D eigenvalue weighted by molar-refractivity contribution is 0.249. The van der Waals surface area contributed by atoms with Gasteiger partial charge in [-0.15, -0.1) is 5.10 Å². The molecular formula is C16H17N5O2S. The Morgan fingerprint density at radius 3 is 2.58 bits per heavy atom. The Kier molecular flexibility index (Phi) is 4.57.